The Balaban J connectivity index is 0.00000280. The lowest BCUT2D eigenvalue weighted by Crippen LogP contribution is -2.35. The second-order valence-corrected chi connectivity index (χ2v) is 8.00. The number of carbonyl (C=O) groups is 1. The van der Waals surface area contributed by atoms with Crippen molar-refractivity contribution in [1.29, 1.82) is 0 Å². The molecule has 0 aromatic carbocycles. The molecule has 158 valence electrons. The van der Waals surface area contributed by atoms with Crippen LogP contribution in [0.15, 0.2) is 12.4 Å². The first-order valence-electron chi connectivity index (χ1n) is 9.28. The number of hydrogen-bond acceptors (Lipinski definition) is 6. The zero-order chi connectivity index (χ0) is 19.2. The summed E-state index contributed by atoms with van der Waals surface area (Å²) in [5.74, 6) is -0.847. The number of aromatic nitrogens is 1. The lowest BCUT2D eigenvalue weighted by atomic mass is 10.1. The molecule has 1 aromatic rings. The standard InChI is InChI=1S/C18H25Cl2N3O4.ClH/c19-11(13-3-1-5-22-13)9-26-15-7-21-8-16(17(15)18(24)25)27-10-12(20)14-4-2-6-23-14;/h7-8,11-14,22-23H,1-6,9-10H2,(H,24,25);1H. The Morgan fingerprint density at radius 3 is 1.89 bits per heavy atom. The third-order valence-corrected chi connectivity index (χ3v) is 5.82. The summed E-state index contributed by atoms with van der Waals surface area (Å²) in [6.07, 6.45) is 6.87. The van der Waals surface area contributed by atoms with Crippen molar-refractivity contribution in [1.82, 2.24) is 15.6 Å². The first kappa shape index (κ1) is 23.3. The fraction of sp³-hybridized carbons (Fsp3) is 0.667. The highest BCUT2D eigenvalue weighted by Gasteiger charge is 2.27. The van der Waals surface area contributed by atoms with E-state index in [2.05, 4.69) is 15.6 Å². The van der Waals surface area contributed by atoms with Crippen molar-refractivity contribution in [3.8, 4) is 11.5 Å². The summed E-state index contributed by atoms with van der Waals surface area (Å²) in [5, 5.41) is 15.7. The number of carboxylic acids is 1. The fourth-order valence-corrected chi connectivity index (χ4v) is 4.02. The van der Waals surface area contributed by atoms with E-state index in [9.17, 15) is 9.90 Å². The van der Waals surface area contributed by atoms with Crippen LogP contribution in [0.4, 0.5) is 0 Å². The topological polar surface area (TPSA) is 92.7 Å². The number of ether oxygens (including phenoxy) is 2. The fourth-order valence-electron chi connectivity index (χ4n) is 3.46. The van der Waals surface area contributed by atoms with E-state index in [1.54, 1.807) is 0 Å². The van der Waals surface area contributed by atoms with E-state index in [0.29, 0.717) is 0 Å². The van der Waals surface area contributed by atoms with Crippen LogP contribution in [0, 0.1) is 0 Å². The van der Waals surface area contributed by atoms with Gasteiger partial charge in [-0.25, -0.2) is 4.79 Å². The second-order valence-electron chi connectivity index (χ2n) is 6.88. The molecule has 0 saturated carbocycles. The molecule has 4 unspecified atom stereocenters. The van der Waals surface area contributed by atoms with Crippen LogP contribution < -0.4 is 20.1 Å². The molecule has 3 heterocycles. The third kappa shape index (κ3) is 6.00. The minimum absolute atomic E-state index is 0. The van der Waals surface area contributed by atoms with E-state index < -0.39 is 5.97 Å². The van der Waals surface area contributed by atoms with Crippen LogP contribution in [-0.2, 0) is 0 Å². The molecule has 4 atom stereocenters. The molecule has 2 aliphatic rings. The summed E-state index contributed by atoms with van der Waals surface area (Å²) < 4.78 is 11.4. The maximum atomic E-state index is 11.8. The molecule has 7 nitrogen and oxygen atoms in total. The average Bonchev–Trinajstić information content (AvgIpc) is 3.37. The number of nitrogens with one attached hydrogen (secondary N) is 2. The van der Waals surface area contributed by atoms with Crippen LogP contribution >= 0.6 is 35.6 Å². The van der Waals surface area contributed by atoms with Crippen molar-refractivity contribution in [2.24, 2.45) is 0 Å². The molecule has 3 rings (SSSR count). The number of alkyl halides is 2. The van der Waals surface area contributed by atoms with E-state index in [1.807, 2.05) is 0 Å². The quantitative estimate of drug-likeness (QED) is 0.494. The largest absolute Gasteiger partial charge is 0.489 e. The van der Waals surface area contributed by atoms with E-state index >= 15 is 0 Å². The lowest BCUT2D eigenvalue weighted by Gasteiger charge is -2.20. The van der Waals surface area contributed by atoms with Gasteiger partial charge >= 0.3 is 5.97 Å². The van der Waals surface area contributed by atoms with E-state index in [0.717, 1.165) is 38.8 Å². The maximum Gasteiger partial charge on any atom is 0.343 e. The number of carboxylic acid groups (broad SMARTS) is 1. The van der Waals surface area contributed by atoms with Gasteiger partial charge in [0.05, 0.1) is 23.1 Å². The van der Waals surface area contributed by atoms with Gasteiger partial charge in [0, 0.05) is 12.1 Å². The highest BCUT2D eigenvalue weighted by Crippen LogP contribution is 2.29. The third-order valence-electron chi connectivity index (χ3n) is 4.96. The maximum absolute atomic E-state index is 11.8. The minimum atomic E-state index is -1.14. The number of hydrogen-bond donors (Lipinski definition) is 3. The molecule has 2 fully saturated rings. The highest BCUT2D eigenvalue weighted by molar-refractivity contribution is 6.21. The summed E-state index contributed by atoms with van der Waals surface area (Å²) in [4.78, 5) is 15.8. The molecule has 0 aliphatic carbocycles. The Bertz CT molecular complexity index is 596. The molecule has 1 aromatic heterocycles. The van der Waals surface area contributed by atoms with Crippen molar-refractivity contribution in [2.75, 3.05) is 26.3 Å². The van der Waals surface area contributed by atoms with Gasteiger partial charge in [-0.3, -0.25) is 4.98 Å². The number of pyridine rings is 1. The molecular weight excluding hydrogens is 429 g/mol. The van der Waals surface area contributed by atoms with E-state index in [-0.39, 0.29) is 65.5 Å². The molecule has 2 aliphatic heterocycles. The lowest BCUT2D eigenvalue weighted by molar-refractivity contribution is 0.0686. The van der Waals surface area contributed by atoms with Gasteiger partial charge in [0.2, 0.25) is 0 Å². The second kappa shape index (κ2) is 11.3. The predicted molar refractivity (Wildman–Crippen MR) is 111 cm³/mol. The summed E-state index contributed by atoms with van der Waals surface area (Å²) in [5.41, 5.74) is -0.0588. The number of rotatable bonds is 9. The number of aromatic carboxylic acids is 1. The summed E-state index contributed by atoms with van der Waals surface area (Å²) in [6, 6.07) is 0.339. The van der Waals surface area contributed by atoms with E-state index in [4.69, 9.17) is 32.7 Å². The number of nitrogens with zero attached hydrogens (tertiary/aromatic N) is 1. The zero-order valence-electron chi connectivity index (χ0n) is 15.4. The normalized spacial score (nSPS) is 23.6. The van der Waals surface area contributed by atoms with Crippen LogP contribution in [0.3, 0.4) is 0 Å². The van der Waals surface area contributed by atoms with Gasteiger partial charge in [0.1, 0.15) is 18.8 Å². The van der Waals surface area contributed by atoms with Crippen molar-refractivity contribution < 1.29 is 19.4 Å². The van der Waals surface area contributed by atoms with Crippen LogP contribution in [0.5, 0.6) is 11.5 Å². The molecule has 10 heteroatoms. The first-order chi connectivity index (χ1) is 13.1. The van der Waals surface area contributed by atoms with Gasteiger partial charge in [0.25, 0.3) is 0 Å². The molecule has 28 heavy (non-hydrogen) atoms. The van der Waals surface area contributed by atoms with Gasteiger partial charge in [-0.05, 0) is 38.8 Å². The monoisotopic (exact) mass is 453 g/mol. The molecule has 0 spiro atoms. The Hall–Kier alpha value is -0.990. The molecular formula is C18H26Cl3N3O4. The van der Waals surface area contributed by atoms with Crippen molar-refractivity contribution in [3.63, 3.8) is 0 Å². The zero-order valence-corrected chi connectivity index (χ0v) is 17.7. The molecule has 2 saturated heterocycles. The summed E-state index contributed by atoms with van der Waals surface area (Å²) in [6.45, 7) is 2.26. The Morgan fingerprint density at radius 2 is 1.54 bits per heavy atom. The van der Waals surface area contributed by atoms with Gasteiger partial charge in [0.15, 0.2) is 11.5 Å². The number of halogens is 3. The van der Waals surface area contributed by atoms with Crippen molar-refractivity contribution in [2.45, 2.75) is 48.5 Å². The van der Waals surface area contributed by atoms with Gasteiger partial charge < -0.3 is 25.2 Å². The molecule has 0 radical (unpaired) electrons. The van der Waals surface area contributed by atoms with Crippen molar-refractivity contribution in [3.05, 3.63) is 18.0 Å². The van der Waals surface area contributed by atoms with E-state index in [1.165, 1.54) is 12.4 Å². The Morgan fingerprint density at radius 1 is 1.07 bits per heavy atom. The smallest absolute Gasteiger partial charge is 0.343 e. The highest BCUT2D eigenvalue weighted by atomic mass is 35.5. The first-order valence-corrected chi connectivity index (χ1v) is 10.2. The van der Waals surface area contributed by atoms with Crippen molar-refractivity contribution >= 4 is 41.6 Å². The Kier molecular flexibility index (Phi) is 9.37. The van der Waals surface area contributed by atoms with Gasteiger partial charge in [-0.2, -0.15) is 0 Å². The summed E-state index contributed by atoms with van der Waals surface area (Å²) in [7, 11) is 0. The van der Waals surface area contributed by atoms with Crippen LogP contribution in [0.2, 0.25) is 0 Å². The molecule has 0 amide bonds. The van der Waals surface area contributed by atoms with Crippen LogP contribution in [0.1, 0.15) is 36.0 Å². The SMILES string of the molecule is Cl.O=C(O)c1c(OCC(Cl)C2CCCN2)cncc1OCC(Cl)C1CCCN1. The molecule has 3 N–H and O–H groups in total. The van der Waals surface area contributed by atoms with Crippen LogP contribution in [0.25, 0.3) is 0 Å². The summed E-state index contributed by atoms with van der Waals surface area (Å²) >= 11 is 12.7. The predicted octanol–water partition coefficient (Wildman–Crippen LogP) is 2.68. The molecule has 0 bridgehead atoms. The van der Waals surface area contributed by atoms with Crippen LogP contribution in [-0.4, -0.2) is 65.2 Å². The Labute approximate surface area is 180 Å². The minimum Gasteiger partial charge on any atom is -0.489 e. The average molecular weight is 455 g/mol. The van der Waals surface area contributed by atoms with Gasteiger partial charge in [-0.1, -0.05) is 0 Å². The van der Waals surface area contributed by atoms with Gasteiger partial charge in [-0.15, -0.1) is 35.6 Å².